The Labute approximate surface area is 75.7 Å². The van der Waals surface area contributed by atoms with Gasteiger partial charge in [0, 0.05) is 13.6 Å². The van der Waals surface area contributed by atoms with Gasteiger partial charge in [-0.3, -0.25) is 15.0 Å². The fourth-order valence-corrected chi connectivity index (χ4v) is 1.33. The Hall–Kier alpha value is -1.14. The lowest BCUT2D eigenvalue weighted by atomic mass is 10.0. The van der Waals surface area contributed by atoms with E-state index in [1.165, 1.54) is 0 Å². The second-order valence-electron chi connectivity index (χ2n) is 3.23. The predicted molar refractivity (Wildman–Crippen MR) is 44.5 cm³/mol. The molecule has 1 unspecified atom stereocenters. The van der Waals surface area contributed by atoms with Crippen molar-refractivity contribution in [1.29, 1.82) is 0 Å². The van der Waals surface area contributed by atoms with Crippen molar-refractivity contribution in [3.8, 4) is 0 Å². The standard InChI is InChI=1S/C7H13N3O3/c1-10-3-4(6(11)9-10)2-5(8)7(12)13/h4-5H,2-3,8H2,1H3,(H,9,11)(H,12,13)/t4?,5-/m0/s1. The molecule has 1 aliphatic rings. The number of nitrogens with one attached hydrogen (secondary N) is 1. The number of carbonyl (C=O) groups excluding carboxylic acids is 1. The number of nitrogens with two attached hydrogens (primary N) is 1. The zero-order valence-corrected chi connectivity index (χ0v) is 7.36. The van der Waals surface area contributed by atoms with Crippen molar-refractivity contribution in [2.75, 3.05) is 13.6 Å². The average molecular weight is 187 g/mol. The number of hydrogen-bond acceptors (Lipinski definition) is 4. The summed E-state index contributed by atoms with van der Waals surface area (Å²) in [5, 5.41) is 10.2. The van der Waals surface area contributed by atoms with E-state index in [0.717, 1.165) is 0 Å². The largest absolute Gasteiger partial charge is 0.480 e. The van der Waals surface area contributed by atoms with Crippen LogP contribution in [-0.4, -0.2) is 41.6 Å². The summed E-state index contributed by atoms with van der Waals surface area (Å²) in [6.45, 7) is 0.514. The van der Waals surface area contributed by atoms with Gasteiger partial charge in [0.05, 0.1) is 5.92 Å². The highest BCUT2D eigenvalue weighted by Crippen LogP contribution is 2.12. The van der Waals surface area contributed by atoms with Crippen LogP contribution in [0.3, 0.4) is 0 Å². The highest BCUT2D eigenvalue weighted by atomic mass is 16.4. The Kier molecular flexibility index (Phi) is 2.84. The van der Waals surface area contributed by atoms with E-state index < -0.39 is 12.0 Å². The number of aliphatic carboxylic acids is 1. The van der Waals surface area contributed by atoms with Crippen LogP contribution in [0.15, 0.2) is 0 Å². The fourth-order valence-electron chi connectivity index (χ4n) is 1.33. The maximum absolute atomic E-state index is 11.1. The van der Waals surface area contributed by atoms with Gasteiger partial charge in [0.15, 0.2) is 0 Å². The molecule has 0 aromatic carbocycles. The molecule has 1 fully saturated rings. The van der Waals surface area contributed by atoms with Gasteiger partial charge < -0.3 is 10.8 Å². The molecule has 0 aromatic heterocycles. The molecule has 0 spiro atoms. The summed E-state index contributed by atoms with van der Waals surface area (Å²) < 4.78 is 0. The summed E-state index contributed by atoms with van der Waals surface area (Å²) in [4.78, 5) is 21.5. The topological polar surface area (TPSA) is 95.7 Å². The third-order valence-electron chi connectivity index (χ3n) is 2.02. The lowest BCUT2D eigenvalue weighted by Gasteiger charge is -2.09. The highest BCUT2D eigenvalue weighted by molar-refractivity contribution is 5.81. The summed E-state index contributed by atoms with van der Waals surface area (Å²) in [7, 11) is 1.73. The van der Waals surface area contributed by atoms with Crippen LogP contribution in [0.1, 0.15) is 6.42 Å². The lowest BCUT2D eigenvalue weighted by molar-refractivity contribution is -0.139. The first-order chi connectivity index (χ1) is 6.00. The number of carbonyl (C=O) groups is 2. The second kappa shape index (κ2) is 3.71. The van der Waals surface area contributed by atoms with Gasteiger partial charge in [0.2, 0.25) is 5.91 Å². The molecule has 1 amide bonds. The number of amides is 1. The predicted octanol–water partition coefficient (Wildman–Crippen LogP) is -1.62. The minimum absolute atomic E-state index is 0.154. The smallest absolute Gasteiger partial charge is 0.320 e. The van der Waals surface area contributed by atoms with Crippen LogP contribution in [0.5, 0.6) is 0 Å². The van der Waals surface area contributed by atoms with Crippen molar-refractivity contribution >= 4 is 11.9 Å². The molecule has 6 nitrogen and oxygen atoms in total. The number of nitrogens with zero attached hydrogens (tertiary/aromatic N) is 1. The summed E-state index contributed by atoms with van der Waals surface area (Å²) in [5.41, 5.74) is 7.86. The molecule has 6 heteroatoms. The monoisotopic (exact) mass is 187 g/mol. The molecule has 0 radical (unpaired) electrons. The van der Waals surface area contributed by atoms with Gasteiger partial charge in [-0.1, -0.05) is 0 Å². The molecular formula is C7H13N3O3. The van der Waals surface area contributed by atoms with E-state index in [1.54, 1.807) is 12.1 Å². The Morgan fingerprint density at radius 1 is 1.92 bits per heavy atom. The van der Waals surface area contributed by atoms with Crippen molar-refractivity contribution in [3.05, 3.63) is 0 Å². The molecule has 74 valence electrons. The van der Waals surface area contributed by atoms with Gasteiger partial charge in [0.25, 0.3) is 0 Å². The number of hydrogen-bond donors (Lipinski definition) is 3. The molecule has 1 aliphatic heterocycles. The fraction of sp³-hybridized carbons (Fsp3) is 0.714. The first-order valence-corrected chi connectivity index (χ1v) is 4.00. The van der Waals surface area contributed by atoms with E-state index >= 15 is 0 Å². The van der Waals surface area contributed by atoms with E-state index in [-0.39, 0.29) is 18.2 Å². The molecular weight excluding hydrogens is 174 g/mol. The molecule has 4 N–H and O–H groups in total. The zero-order valence-electron chi connectivity index (χ0n) is 7.36. The Morgan fingerprint density at radius 3 is 2.92 bits per heavy atom. The van der Waals surface area contributed by atoms with Crippen molar-refractivity contribution in [3.63, 3.8) is 0 Å². The van der Waals surface area contributed by atoms with Crippen LogP contribution in [0.4, 0.5) is 0 Å². The number of carboxylic acid groups (broad SMARTS) is 1. The Balaban J connectivity index is 2.46. The number of rotatable bonds is 3. The first-order valence-electron chi connectivity index (χ1n) is 4.00. The maximum atomic E-state index is 11.1. The van der Waals surface area contributed by atoms with Gasteiger partial charge in [-0.25, -0.2) is 5.01 Å². The second-order valence-corrected chi connectivity index (χ2v) is 3.23. The third-order valence-corrected chi connectivity index (χ3v) is 2.02. The zero-order chi connectivity index (χ0) is 10.0. The van der Waals surface area contributed by atoms with Crippen molar-refractivity contribution in [1.82, 2.24) is 10.4 Å². The third kappa shape index (κ3) is 2.40. The summed E-state index contributed by atoms with van der Waals surface area (Å²) in [5.74, 6) is -1.53. The first kappa shape index (κ1) is 9.94. The number of carboxylic acids is 1. The van der Waals surface area contributed by atoms with Crippen LogP contribution in [-0.2, 0) is 9.59 Å². The SMILES string of the molecule is CN1CC(C[C@H](N)C(=O)O)C(=O)N1. The maximum Gasteiger partial charge on any atom is 0.320 e. The molecule has 0 bridgehead atoms. The normalized spacial score (nSPS) is 25.7. The molecule has 2 atom stereocenters. The van der Waals surface area contributed by atoms with Crippen LogP contribution in [0, 0.1) is 5.92 Å². The van der Waals surface area contributed by atoms with E-state index in [0.29, 0.717) is 6.54 Å². The van der Waals surface area contributed by atoms with E-state index in [2.05, 4.69) is 5.43 Å². The lowest BCUT2D eigenvalue weighted by Crippen LogP contribution is -2.34. The quantitative estimate of drug-likeness (QED) is 0.493. The van der Waals surface area contributed by atoms with Gasteiger partial charge in [-0.15, -0.1) is 0 Å². The van der Waals surface area contributed by atoms with Crippen molar-refractivity contribution in [2.24, 2.45) is 11.7 Å². The summed E-state index contributed by atoms with van der Waals surface area (Å²) >= 11 is 0. The summed E-state index contributed by atoms with van der Waals surface area (Å²) in [6, 6.07) is -0.956. The summed E-state index contributed by atoms with van der Waals surface area (Å²) in [6.07, 6.45) is 0.186. The minimum atomic E-state index is -1.07. The average Bonchev–Trinajstić information content (AvgIpc) is 2.30. The molecule has 13 heavy (non-hydrogen) atoms. The molecule has 1 rings (SSSR count). The molecule has 1 saturated heterocycles. The van der Waals surface area contributed by atoms with Gasteiger partial charge in [-0.2, -0.15) is 0 Å². The Morgan fingerprint density at radius 2 is 2.54 bits per heavy atom. The van der Waals surface area contributed by atoms with Crippen LogP contribution in [0.2, 0.25) is 0 Å². The van der Waals surface area contributed by atoms with E-state index in [1.807, 2.05) is 0 Å². The molecule has 0 aromatic rings. The van der Waals surface area contributed by atoms with Crippen LogP contribution >= 0.6 is 0 Å². The highest BCUT2D eigenvalue weighted by Gasteiger charge is 2.31. The van der Waals surface area contributed by atoms with Crippen molar-refractivity contribution in [2.45, 2.75) is 12.5 Å². The molecule has 0 saturated carbocycles. The number of hydrazine groups is 1. The van der Waals surface area contributed by atoms with Gasteiger partial charge in [0.1, 0.15) is 6.04 Å². The minimum Gasteiger partial charge on any atom is -0.480 e. The van der Waals surface area contributed by atoms with E-state index in [9.17, 15) is 9.59 Å². The molecule has 0 aliphatic carbocycles. The van der Waals surface area contributed by atoms with Gasteiger partial charge in [-0.05, 0) is 6.42 Å². The van der Waals surface area contributed by atoms with Crippen molar-refractivity contribution < 1.29 is 14.7 Å². The molecule has 1 heterocycles. The van der Waals surface area contributed by atoms with Crippen LogP contribution < -0.4 is 11.2 Å². The van der Waals surface area contributed by atoms with E-state index in [4.69, 9.17) is 10.8 Å². The Bertz CT molecular complexity index is 231. The van der Waals surface area contributed by atoms with Gasteiger partial charge >= 0.3 is 5.97 Å². The van der Waals surface area contributed by atoms with Crippen LogP contribution in [0.25, 0.3) is 0 Å².